The van der Waals surface area contributed by atoms with Crippen molar-refractivity contribution in [2.24, 2.45) is 0 Å². The minimum Gasteiger partial charge on any atom is -0.378 e. The molecule has 0 radical (unpaired) electrons. The number of hydrogen-bond acceptors (Lipinski definition) is 9. The summed E-state index contributed by atoms with van der Waals surface area (Å²) in [5, 5.41) is 11.6. The molecule has 3 rings (SSSR count). The summed E-state index contributed by atoms with van der Waals surface area (Å²) in [5.41, 5.74) is 5.72. The third-order valence-electron chi connectivity index (χ3n) is 4.48. The first-order chi connectivity index (χ1) is 12.2. The molecule has 144 valence electrons. The van der Waals surface area contributed by atoms with Crippen LogP contribution in [0, 0.1) is 10.1 Å². The predicted molar refractivity (Wildman–Crippen MR) is 97.5 cm³/mol. The van der Waals surface area contributed by atoms with Crippen molar-refractivity contribution in [3.05, 3.63) is 10.1 Å². The number of morpholine rings is 2. The summed E-state index contributed by atoms with van der Waals surface area (Å²) in [7, 11) is 0. The first-order valence-electron chi connectivity index (χ1n) is 8.87. The van der Waals surface area contributed by atoms with Crippen LogP contribution in [0.4, 0.5) is 23.3 Å². The molecule has 3 heterocycles. The molecule has 10 heteroatoms. The fourth-order valence-corrected chi connectivity index (χ4v) is 3.68. The maximum atomic E-state index is 11.6. The molecule has 0 unspecified atom stereocenters. The van der Waals surface area contributed by atoms with Crippen molar-refractivity contribution in [3.8, 4) is 0 Å². The molecule has 2 saturated heterocycles. The largest absolute Gasteiger partial charge is 0.378 e. The van der Waals surface area contributed by atoms with Gasteiger partial charge >= 0.3 is 5.69 Å². The molecule has 0 amide bonds. The summed E-state index contributed by atoms with van der Waals surface area (Å²) in [4.78, 5) is 23.7. The van der Waals surface area contributed by atoms with E-state index >= 15 is 0 Å². The maximum Gasteiger partial charge on any atom is 0.353 e. The lowest BCUT2D eigenvalue weighted by atomic mass is 10.2. The van der Waals surface area contributed by atoms with E-state index in [1.54, 1.807) is 0 Å². The molecule has 2 aliphatic heterocycles. The molecule has 0 spiro atoms. The van der Waals surface area contributed by atoms with E-state index < -0.39 is 4.92 Å². The minimum atomic E-state index is -0.510. The van der Waals surface area contributed by atoms with Gasteiger partial charge in [-0.3, -0.25) is 10.1 Å². The average Bonchev–Trinajstić information content (AvgIpc) is 2.51. The Labute approximate surface area is 152 Å². The van der Waals surface area contributed by atoms with Crippen molar-refractivity contribution in [1.82, 2.24) is 9.97 Å². The molecule has 2 N–H and O–H groups in total. The fraction of sp³-hybridized carbons (Fsp3) is 0.750. The number of anilines is 3. The van der Waals surface area contributed by atoms with E-state index in [0.29, 0.717) is 32.1 Å². The van der Waals surface area contributed by atoms with Crippen molar-refractivity contribution >= 4 is 23.3 Å². The van der Waals surface area contributed by atoms with Gasteiger partial charge in [-0.25, -0.2) is 0 Å². The fourth-order valence-electron chi connectivity index (χ4n) is 3.68. The molecule has 2 aliphatic rings. The summed E-state index contributed by atoms with van der Waals surface area (Å²) in [6, 6.07) is 0. The third-order valence-corrected chi connectivity index (χ3v) is 4.48. The molecule has 0 aliphatic carbocycles. The van der Waals surface area contributed by atoms with Crippen LogP contribution in [0.3, 0.4) is 0 Å². The highest BCUT2D eigenvalue weighted by Gasteiger charge is 2.34. The molecule has 0 saturated carbocycles. The van der Waals surface area contributed by atoms with Crippen LogP contribution in [0.1, 0.15) is 27.7 Å². The molecule has 10 nitrogen and oxygen atoms in total. The Morgan fingerprint density at radius 3 is 1.88 bits per heavy atom. The van der Waals surface area contributed by atoms with Crippen LogP contribution in [-0.2, 0) is 9.47 Å². The van der Waals surface area contributed by atoms with Gasteiger partial charge < -0.3 is 25.0 Å². The van der Waals surface area contributed by atoms with Crippen LogP contribution < -0.4 is 15.5 Å². The van der Waals surface area contributed by atoms with Crippen LogP contribution in [0.15, 0.2) is 0 Å². The van der Waals surface area contributed by atoms with Gasteiger partial charge in [-0.05, 0) is 27.7 Å². The van der Waals surface area contributed by atoms with Gasteiger partial charge in [-0.15, -0.1) is 0 Å². The summed E-state index contributed by atoms with van der Waals surface area (Å²) in [6.07, 6.45) is -0.0702. The molecule has 0 aromatic carbocycles. The van der Waals surface area contributed by atoms with E-state index in [1.165, 1.54) is 0 Å². The molecular formula is C16H26N6O4. The van der Waals surface area contributed by atoms with Crippen LogP contribution in [0.2, 0.25) is 0 Å². The first-order valence-corrected chi connectivity index (χ1v) is 8.87. The van der Waals surface area contributed by atoms with E-state index in [9.17, 15) is 10.1 Å². The smallest absolute Gasteiger partial charge is 0.353 e. The number of nitro groups is 1. The zero-order chi connectivity index (χ0) is 19.0. The molecule has 4 atom stereocenters. The predicted octanol–water partition coefficient (Wildman–Crippen LogP) is 1.19. The summed E-state index contributed by atoms with van der Waals surface area (Å²) in [6.45, 7) is 10.1. The van der Waals surface area contributed by atoms with Gasteiger partial charge in [0.15, 0.2) is 0 Å². The van der Waals surface area contributed by atoms with Crippen molar-refractivity contribution in [1.29, 1.82) is 0 Å². The van der Waals surface area contributed by atoms with Gasteiger partial charge in [0.25, 0.3) is 0 Å². The second-order valence-corrected chi connectivity index (χ2v) is 7.16. The van der Waals surface area contributed by atoms with Crippen LogP contribution in [0.25, 0.3) is 0 Å². The number of nitrogen functional groups attached to an aromatic ring is 1. The number of nitrogens with zero attached hydrogens (tertiary/aromatic N) is 5. The van der Waals surface area contributed by atoms with Gasteiger partial charge in [0.2, 0.25) is 17.6 Å². The number of rotatable bonds is 3. The average molecular weight is 366 g/mol. The second kappa shape index (κ2) is 7.20. The van der Waals surface area contributed by atoms with Gasteiger partial charge in [0.05, 0.1) is 29.3 Å². The topological polar surface area (TPSA) is 120 Å². The van der Waals surface area contributed by atoms with Crippen LogP contribution >= 0.6 is 0 Å². The standard InChI is InChI=1S/C16H26N6O4/c1-9-5-20(6-10(2)25-9)15-13(22(23)24)14(17)18-16(19-15)21-7-11(3)26-12(4)8-21/h9-12H,5-8H2,1-4H3,(H2,17,18,19)/t9-,10+,11-,12+. The molecule has 1 aromatic rings. The Hall–Kier alpha value is -2.20. The lowest BCUT2D eigenvalue weighted by Crippen LogP contribution is -2.47. The Kier molecular flexibility index (Phi) is 5.15. The second-order valence-electron chi connectivity index (χ2n) is 7.16. The van der Waals surface area contributed by atoms with Gasteiger partial charge in [0, 0.05) is 26.2 Å². The summed E-state index contributed by atoms with van der Waals surface area (Å²) in [5.74, 6) is 0.539. The maximum absolute atomic E-state index is 11.6. The van der Waals surface area contributed by atoms with E-state index in [1.807, 2.05) is 37.5 Å². The highest BCUT2D eigenvalue weighted by molar-refractivity contribution is 5.71. The van der Waals surface area contributed by atoms with E-state index in [0.717, 1.165) is 0 Å². The first kappa shape index (κ1) is 18.6. The van der Waals surface area contributed by atoms with Crippen LogP contribution in [0.5, 0.6) is 0 Å². The summed E-state index contributed by atoms with van der Waals surface area (Å²) < 4.78 is 11.5. The van der Waals surface area contributed by atoms with Crippen molar-refractivity contribution < 1.29 is 14.4 Å². The molecule has 2 fully saturated rings. The SMILES string of the molecule is C[C@@H]1CN(c2nc(N)c([N+](=O)[O-])c(N3C[C@@H](C)O[C@@H](C)C3)n2)C[C@H](C)O1. The molecule has 26 heavy (non-hydrogen) atoms. The van der Waals surface area contributed by atoms with Gasteiger partial charge in [-0.2, -0.15) is 9.97 Å². The van der Waals surface area contributed by atoms with E-state index in [-0.39, 0.29) is 41.7 Å². The highest BCUT2D eigenvalue weighted by atomic mass is 16.6. The van der Waals surface area contributed by atoms with E-state index in [4.69, 9.17) is 15.2 Å². The summed E-state index contributed by atoms with van der Waals surface area (Å²) >= 11 is 0. The Bertz CT molecular complexity index is 667. The highest BCUT2D eigenvalue weighted by Crippen LogP contribution is 2.34. The Balaban J connectivity index is 2.01. The molecule has 0 bridgehead atoms. The van der Waals surface area contributed by atoms with Crippen molar-refractivity contribution in [2.45, 2.75) is 52.1 Å². The number of hydrogen-bond donors (Lipinski definition) is 1. The quantitative estimate of drug-likeness (QED) is 0.621. The lowest BCUT2D eigenvalue weighted by Gasteiger charge is -2.37. The number of ether oxygens (including phenoxy) is 2. The monoisotopic (exact) mass is 366 g/mol. The Morgan fingerprint density at radius 1 is 0.962 bits per heavy atom. The van der Waals surface area contributed by atoms with Gasteiger partial charge in [-0.1, -0.05) is 0 Å². The zero-order valence-corrected chi connectivity index (χ0v) is 15.6. The van der Waals surface area contributed by atoms with Crippen molar-refractivity contribution in [3.63, 3.8) is 0 Å². The number of nitrogens with two attached hydrogens (primary N) is 1. The van der Waals surface area contributed by atoms with Crippen molar-refractivity contribution in [2.75, 3.05) is 41.7 Å². The Morgan fingerprint density at radius 2 is 1.42 bits per heavy atom. The lowest BCUT2D eigenvalue weighted by molar-refractivity contribution is -0.383. The van der Waals surface area contributed by atoms with Gasteiger partial charge in [0.1, 0.15) is 0 Å². The third kappa shape index (κ3) is 3.80. The molecule has 1 aromatic heterocycles. The minimum absolute atomic E-state index is 0.0191. The molecular weight excluding hydrogens is 340 g/mol. The zero-order valence-electron chi connectivity index (χ0n) is 15.6. The normalized spacial score (nSPS) is 29.7. The number of aromatic nitrogens is 2. The van der Waals surface area contributed by atoms with Crippen LogP contribution in [-0.4, -0.2) is 65.5 Å². The van der Waals surface area contributed by atoms with E-state index in [2.05, 4.69) is 9.97 Å².